The van der Waals surface area contributed by atoms with Crippen molar-refractivity contribution in [1.82, 2.24) is 0 Å². The van der Waals surface area contributed by atoms with Crippen LogP contribution in [0.2, 0.25) is 0 Å². The summed E-state index contributed by atoms with van der Waals surface area (Å²) < 4.78 is 10.9. The molecule has 0 amide bonds. The lowest BCUT2D eigenvalue weighted by molar-refractivity contribution is -0.166. The van der Waals surface area contributed by atoms with Crippen LogP contribution < -0.4 is 4.74 Å². The van der Waals surface area contributed by atoms with Gasteiger partial charge in [-0.25, -0.2) is 4.79 Å². The van der Waals surface area contributed by atoms with Crippen LogP contribution in [0.4, 0.5) is 0 Å². The van der Waals surface area contributed by atoms with Gasteiger partial charge in [-0.05, 0) is 31.9 Å². The van der Waals surface area contributed by atoms with Crippen molar-refractivity contribution < 1.29 is 19.1 Å². The molecule has 20 heavy (non-hydrogen) atoms. The number of rotatable bonds is 1. The van der Waals surface area contributed by atoms with Crippen molar-refractivity contribution in [2.75, 3.05) is 0 Å². The summed E-state index contributed by atoms with van der Waals surface area (Å²) >= 11 is 0. The lowest BCUT2D eigenvalue weighted by atomic mass is 9.79. The van der Waals surface area contributed by atoms with Crippen LogP contribution in [0.1, 0.15) is 30.0 Å². The molecule has 0 bridgehead atoms. The first-order valence-electron chi connectivity index (χ1n) is 6.68. The van der Waals surface area contributed by atoms with Gasteiger partial charge in [-0.3, -0.25) is 4.79 Å². The molecule has 4 heteroatoms. The standard InChI is InChI=1S/C16H16O4/c1-4-5-11-8-12(17)20-16(11)13-9(2)6-7-10(3)14(13)19-15(16)18/h4-7,11H,8H2,1-3H3/b5-4+/t11-,16-/m0/s1. The van der Waals surface area contributed by atoms with Gasteiger partial charge in [0.05, 0.1) is 12.0 Å². The van der Waals surface area contributed by atoms with E-state index in [0.29, 0.717) is 11.3 Å². The van der Waals surface area contributed by atoms with Crippen molar-refractivity contribution in [3.8, 4) is 5.75 Å². The predicted molar refractivity (Wildman–Crippen MR) is 72.2 cm³/mol. The predicted octanol–water partition coefficient (Wildman–Crippen LogP) is 2.56. The highest BCUT2D eigenvalue weighted by Gasteiger charge is 2.62. The molecule has 2 heterocycles. The fourth-order valence-electron chi connectivity index (χ4n) is 3.13. The molecule has 1 saturated heterocycles. The maximum atomic E-state index is 12.5. The molecular weight excluding hydrogens is 256 g/mol. The second kappa shape index (κ2) is 4.20. The van der Waals surface area contributed by atoms with Crippen molar-refractivity contribution in [3.63, 3.8) is 0 Å². The van der Waals surface area contributed by atoms with Crippen LogP contribution in [0.3, 0.4) is 0 Å². The van der Waals surface area contributed by atoms with E-state index in [0.717, 1.165) is 11.1 Å². The molecule has 2 atom stereocenters. The molecule has 4 nitrogen and oxygen atoms in total. The van der Waals surface area contributed by atoms with Gasteiger partial charge in [0.1, 0.15) is 5.75 Å². The summed E-state index contributed by atoms with van der Waals surface area (Å²) in [4.78, 5) is 24.2. The van der Waals surface area contributed by atoms with Crippen LogP contribution in [0, 0.1) is 19.8 Å². The van der Waals surface area contributed by atoms with Gasteiger partial charge in [0.15, 0.2) is 0 Å². The van der Waals surface area contributed by atoms with Gasteiger partial charge in [-0.15, -0.1) is 0 Å². The summed E-state index contributed by atoms with van der Waals surface area (Å²) in [6, 6.07) is 3.83. The SMILES string of the molecule is C/C=C/[C@H]1CC(=O)O[C@@]12C(=O)Oc1c(C)ccc(C)c12. The number of fused-ring (bicyclic) bond motifs is 2. The quantitative estimate of drug-likeness (QED) is 0.448. The first-order valence-corrected chi connectivity index (χ1v) is 6.68. The van der Waals surface area contributed by atoms with E-state index < -0.39 is 11.6 Å². The zero-order valence-corrected chi connectivity index (χ0v) is 11.7. The fraction of sp³-hybridized carbons (Fsp3) is 0.375. The molecule has 0 saturated carbocycles. The second-order valence-corrected chi connectivity index (χ2v) is 5.34. The second-order valence-electron chi connectivity index (χ2n) is 5.34. The Balaban J connectivity index is 2.28. The van der Waals surface area contributed by atoms with E-state index in [4.69, 9.17) is 9.47 Å². The lowest BCUT2D eigenvalue weighted by Crippen LogP contribution is -2.39. The molecule has 1 spiro atoms. The molecule has 1 fully saturated rings. The van der Waals surface area contributed by atoms with Gasteiger partial charge in [-0.1, -0.05) is 24.3 Å². The zero-order valence-electron chi connectivity index (χ0n) is 11.7. The molecule has 0 aromatic heterocycles. The third-order valence-electron chi connectivity index (χ3n) is 4.04. The van der Waals surface area contributed by atoms with Gasteiger partial charge in [-0.2, -0.15) is 0 Å². The molecule has 0 radical (unpaired) electrons. The summed E-state index contributed by atoms with van der Waals surface area (Å²) in [5.41, 5.74) is 1.18. The minimum atomic E-state index is -1.30. The third kappa shape index (κ3) is 1.48. The normalized spacial score (nSPS) is 28.1. The number of hydrogen-bond acceptors (Lipinski definition) is 4. The maximum Gasteiger partial charge on any atom is 0.361 e. The van der Waals surface area contributed by atoms with Crippen LogP contribution >= 0.6 is 0 Å². The van der Waals surface area contributed by atoms with Crippen LogP contribution in [-0.4, -0.2) is 11.9 Å². The molecule has 3 rings (SSSR count). The number of benzene rings is 1. The van der Waals surface area contributed by atoms with E-state index in [9.17, 15) is 9.59 Å². The number of hydrogen-bond donors (Lipinski definition) is 0. The van der Waals surface area contributed by atoms with Crippen molar-refractivity contribution >= 4 is 11.9 Å². The summed E-state index contributed by atoms with van der Waals surface area (Å²) in [5, 5.41) is 0. The molecule has 1 aromatic carbocycles. The smallest absolute Gasteiger partial charge is 0.361 e. The lowest BCUT2D eigenvalue weighted by Gasteiger charge is -2.25. The summed E-state index contributed by atoms with van der Waals surface area (Å²) in [5.74, 6) is -0.619. The van der Waals surface area contributed by atoms with E-state index in [1.54, 1.807) is 0 Å². The first kappa shape index (κ1) is 12.9. The Morgan fingerprint density at radius 2 is 1.95 bits per heavy atom. The van der Waals surface area contributed by atoms with E-state index in [1.165, 1.54) is 0 Å². The third-order valence-corrected chi connectivity index (χ3v) is 4.04. The maximum absolute atomic E-state index is 12.5. The van der Waals surface area contributed by atoms with Crippen LogP contribution in [0.5, 0.6) is 5.75 Å². The molecule has 1 aromatic rings. The Labute approximate surface area is 117 Å². The Morgan fingerprint density at radius 3 is 2.65 bits per heavy atom. The summed E-state index contributed by atoms with van der Waals surface area (Å²) in [6.07, 6.45) is 3.89. The Bertz CT molecular complexity index is 644. The van der Waals surface area contributed by atoms with Gasteiger partial charge in [0.2, 0.25) is 5.60 Å². The summed E-state index contributed by atoms with van der Waals surface area (Å²) in [7, 11) is 0. The van der Waals surface area contributed by atoms with E-state index in [1.807, 2.05) is 45.1 Å². The molecule has 104 valence electrons. The van der Waals surface area contributed by atoms with Crippen molar-refractivity contribution in [2.45, 2.75) is 32.8 Å². The molecule has 2 aliphatic rings. The molecular formula is C16H16O4. The van der Waals surface area contributed by atoms with E-state index >= 15 is 0 Å². The number of carbonyl (C=O) groups excluding carboxylic acids is 2. The van der Waals surface area contributed by atoms with E-state index in [-0.39, 0.29) is 18.3 Å². The van der Waals surface area contributed by atoms with Crippen molar-refractivity contribution in [2.24, 2.45) is 5.92 Å². The van der Waals surface area contributed by atoms with Crippen LogP contribution in [0.25, 0.3) is 0 Å². The highest BCUT2D eigenvalue weighted by Crippen LogP contribution is 2.53. The largest absolute Gasteiger partial charge is 0.441 e. The average molecular weight is 272 g/mol. The number of esters is 2. The number of carbonyl (C=O) groups is 2. The average Bonchev–Trinajstić information content (AvgIpc) is 2.87. The highest BCUT2D eigenvalue weighted by molar-refractivity contribution is 5.95. The van der Waals surface area contributed by atoms with Gasteiger partial charge < -0.3 is 9.47 Å². The molecule has 0 unspecified atom stereocenters. The van der Waals surface area contributed by atoms with Gasteiger partial charge in [0.25, 0.3) is 0 Å². The molecule has 0 N–H and O–H groups in total. The first-order chi connectivity index (χ1) is 9.50. The minimum Gasteiger partial charge on any atom is -0.441 e. The Kier molecular flexibility index (Phi) is 2.71. The molecule has 0 aliphatic carbocycles. The summed E-state index contributed by atoms with van der Waals surface area (Å²) in [6.45, 7) is 5.65. The van der Waals surface area contributed by atoms with Gasteiger partial charge in [0, 0.05) is 5.92 Å². The number of aryl methyl sites for hydroxylation is 2. The molecule has 2 aliphatic heterocycles. The van der Waals surface area contributed by atoms with Crippen molar-refractivity contribution in [3.05, 3.63) is 41.0 Å². The van der Waals surface area contributed by atoms with Crippen LogP contribution in [-0.2, 0) is 19.9 Å². The van der Waals surface area contributed by atoms with Crippen LogP contribution in [0.15, 0.2) is 24.3 Å². The monoisotopic (exact) mass is 272 g/mol. The minimum absolute atomic E-state index is 0.201. The van der Waals surface area contributed by atoms with E-state index in [2.05, 4.69) is 0 Å². The Morgan fingerprint density at radius 1 is 1.25 bits per heavy atom. The van der Waals surface area contributed by atoms with Crippen molar-refractivity contribution in [1.29, 1.82) is 0 Å². The number of ether oxygens (including phenoxy) is 2. The topological polar surface area (TPSA) is 52.6 Å². The highest BCUT2D eigenvalue weighted by atomic mass is 16.6. The fourth-order valence-corrected chi connectivity index (χ4v) is 3.13. The number of allylic oxidation sites excluding steroid dienone is 1. The zero-order chi connectivity index (χ0) is 14.5. The Hall–Kier alpha value is -2.10. The van der Waals surface area contributed by atoms with Gasteiger partial charge >= 0.3 is 11.9 Å².